The fraction of sp³-hybridized carbons (Fsp3) is 0.200. The summed E-state index contributed by atoms with van der Waals surface area (Å²) < 4.78 is 15.0. The van der Waals surface area contributed by atoms with Gasteiger partial charge in [-0.1, -0.05) is 40.2 Å². The summed E-state index contributed by atoms with van der Waals surface area (Å²) in [6, 6.07) is 13.0. The predicted octanol–water partition coefficient (Wildman–Crippen LogP) is 4.96. The number of rotatable bonds is 4. The zero-order chi connectivity index (χ0) is 13.8. The van der Waals surface area contributed by atoms with E-state index in [9.17, 15) is 4.39 Å². The molecular formula is C15H14BrClFN. The minimum absolute atomic E-state index is 0.243. The fourth-order valence-corrected chi connectivity index (χ4v) is 2.49. The van der Waals surface area contributed by atoms with E-state index in [0.717, 1.165) is 15.6 Å². The van der Waals surface area contributed by atoms with Crippen LogP contribution in [0.5, 0.6) is 0 Å². The van der Waals surface area contributed by atoms with Gasteiger partial charge in [-0.2, -0.15) is 0 Å². The van der Waals surface area contributed by atoms with E-state index in [1.165, 1.54) is 6.07 Å². The van der Waals surface area contributed by atoms with Gasteiger partial charge in [0, 0.05) is 23.9 Å². The van der Waals surface area contributed by atoms with E-state index in [0.29, 0.717) is 18.1 Å². The molecule has 2 aromatic carbocycles. The highest BCUT2D eigenvalue weighted by Crippen LogP contribution is 2.24. The van der Waals surface area contributed by atoms with Crippen molar-refractivity contribution in [3.8, 4) is 0 Å². The number of hydrogen-bond acceptors (Lipinski definition) is 1. The summed E-state index contributed by atoms with van der Waals surface area (Å²) in [6.07, 6.45) is 0. The van der Waals surface area contributed by atoms with Crippen molar-refractivity contribution >= 4 is 33.2 Å². The maximum atomic E-state index is 14.0. The first kappa shape index (κ1) is 14.4. The van der Waals surface area contributed by atoms with Crippen LogP contribution in [-0.4, -0.2) is 7.05 Å². The monoisotopic (exact) mass is 341 g/mol. The smallest absolute Gasteiger partial charge is 0.146 e. The predicted molar refractivity (Wildman–Crippen MR) is 82.2 cm³/mol. The minimum Gasteiger partial charge on any atom is -0.368 e. The van der Waals surface area contributed by atoms with E-state index in [2.05, 4.69) is 15.9 Å². The number of nitrogens with zero attached hydrogens (tertiary/aromatic N) is 1. The molecule has 0 bridgehead atoms. The zero-order valence-electron chi connectivity index (χ0n) is 10.5. The summed E-state index contributed by atoms with van der Waals surface area (Å²) in [5, 5.41) is 0. The summed E-state index contributed by atoms with van der Waals surface area (Å²) >= 11 is 9.20. The third kappa shape index (κ3) is 3.48. The molecule has 0 spiro atoms. The van der Waals surface area contributed by atoms with Gasteiger partial charge < -0.3 is 4.90 Å². The van der Waals surface area contributed by atoms with E-state index in [4.69, 9.17) is 11.6 Å². The molecular weight excluding hydrogens is 329 g/mol. The van der Waals surface area contributed by atoms with Crippen LogP contribution in [0.2, 0.25) is 0 Å². The molecule has 1 nitrogen and oxygen atoms in total. The van der Waals surface area contributed by atoms with Crippen molar-refractivity contribution in [2.24, 2.45) is 0 Å². The van der Waals surface area contributed by atoms with Crippen molar-refractivity contribution in [3.63, 3.8) is 0 Å². The third-order valence-electron chi connectivity index (χ3n) is 2.94. The van der Waals surface area contributed by atoms with Crippen LogP contribution < -0.4 is 4.90 Å². The molecule has 4 heteroatoms. The molecule has 0 aliphatic carbocycles. The molecule has 0 heterocycles. The van der Waals surface area contributed by atoms with Gasteiger partial charge in [0.1, 0.15) is 5.82 Å². The molecule has 0 unspecified atom stereocenters. The molecule has 0 aliphatic heterocycles. The lowest BCUT2D eigenvalue weighted by atomic mass is 10.1. The maximum absolute atomic E-state index is 14.0. The summed E-state index contributed by atoms with van der Waals surface area (Å²) in [4.78, 5) is 1.88. The van der Waals surface area contributed by atoms with Crippen molar-refractivity contribution in [2.45, 2.75) is 12.4 Å². The topological polar surface area (TPSA) is 3.24 Å². The van der Waals surface area contributed by atoms with Crippen LogP contribution in [0, 0.1) is 5.82 Å². The Balaban J connectivity index is 2.21. The van der Waals surface area contributed by atoms with Crippen LogP contribution in [0.1, 0.15) is 11.1 Å². The van der Waals surface area contributed by atoms with Crippen LogP contribution in [0.25, 0.3) is 0 Å². The lowest BCUT2D eigenvalue weighted by molar-refractivity contribution is 0.621. The first-order valence-electron chi connectivity index (χ1n) is 5.90. The molecule has 0 aromatic heterocycles. The van der Waals surface area contributed by atoms with Crippen molar-refractivity contribution in [2.75, 3.05) is 11.9 Å². The maximum Gasteiger partial charge on any atom is 0.146 e. The van der Waals surface area contributed by atoms with Gasteiger partial charge in [0.05, 0.1) is 5.69 Å². The Morgan fingerprint density at radius 3 is 2.58 bits per heavy atom. The Hall–Kier alpha value is -1.06. The van der Waals surface area contributed by atoms with Gasteiger partial charge in [0.15, 0.2) is 0 Å². The highest BCUT2D eigenvalue weighted by molar-refractivity contribution is 9.10. The summed E-state index contributed by atoms with van der Waals surface area (Å²) in [5.74, 6) is 0.0817. The summed E-state index contributed by atoms with van der Waals surface area (Å²) in [7, 11) is 1.87. The van der Waals surface area contributed by atoms with Gasteiger partial charge in [0.2, 0.25) is 0 Å². The Kier molecular flexibility index (Phi) is 4.83. The number of hydrogen-bond donors (Lipinski definition) is 0. The normalized spacial score (nSPS) is 10.5. The molecule has 0 saturated heterocycles. The van der Waals surface area contributed by atoms with Crippen molar-refractivity contribution in [1.29, 1.82) is 0 Å². The van der Waals surface area contributed by atoms with Gasteiger partial charge in [-0.15, -0.1) is 11.6 Å². The third-order valence-corrected chi connectivity index (χ3v) is 4.03. The first-order valence-corrected chi connectivity index (χ1v) is 7.23. The number of anilines is 1. The van der Waals surface area contributed by atoms with Crippen molar-refractivity contribution in [3.05, 3.63) is 63.9 Å². The number of alkyl halides is 1. The van der Waals surface area contributed by atoms with Crippen LogP contribution in [0.15, 0.2) is 46.9 Å². The standard InChI is InChI=1S/C15H14BrClFN/c1-19(10-12-4-2-3-5-13(12)16)15-7-6-11(9-17)8-14(15)18/h2-8H,9-10H2,1H3. The molecule has 0 atom stereocenters. The van der Waals surface area contributed by atoms with Gasteiger partial charge in [-0.3, -0.25) is 0 Å². The van der Waals surface area contributed by atoms with Gasteiger partial charge in [0.25, 0.3) is 0 Å². The Morgan fingerprint density at radius 2 is 1.95 bits per heavy atom. The van der Waals surface area contributed by atoms with Gasteiger partial charge >= 0.3 is 0 Å². The molecule has 100 valence electrons. The van der Waals surface area contributed by atoms with Crippen molar-refractivity contribution in [1.82, 2.24) is 0 Å². The second-order valence-electron chi connectivity index (χ2n) is 4.37. The second-order valence-corrected chi connectivity index (χ2v) is 5.49. The molecule has 0 radical (unpaired) electrons. The lowest BCUT2D eigenvalue weighted by Crippen LogP contribution is -2.18. The molecule has 19 heavy (non-hydrogen) atoms. The van der Waals surface area contributed by atoms with E-state index < -0.39 is 0 Å². The molecule has 0 saturated carbocycles. The lowest BCUT2D eigenvalue weighted by Gasteiger charge is -2.21. The second kappa shape index (κ2) is 6.40. The van der Waals surface area contributed by atoms with E-state index in [1.807, 2.05) is 42.3 Å². The molecule has 2 rings (SSSR count). The average molecular weight is 343 g/mol. The quantitative estimate of drug-likeness (QED) is 0.710. The summed E-state index contributed by atoms with van der Waals surface area (Å²) in [5.41, 5.74) is 2.48. The Bertz CT molecular complexity index is 574. The highest BCUT2D eigenvalue weighted by atomic mass is 79.9. The molecule has 0 fully saturated rings. The van der Waals surface area contributed by atoms with E-state index >= 15 is 0 Å². The minimum atomic E-state index is -0.243. The van der Waals surface area contributed by atoms with E-state index in [-0.39, 0.29) is 5.82 Å². The molecule has 0 aliphatic rings. The van der Waals surface area contributed by atoms with Crippen LogP contribution in [0.4, 0.5) is 10.1 Å². The molecule has 0 amide bonds. The van der Waals surface area contributed by atoms with Gasteiger partial charge in [-0.05, 0) is 29.3 Å². The fourth-order valence-electron chi connectivity index (χ4n) is 1.91. The molecule has 0 N–H and O–H groups in total. The average Bonchev–Trinajstić information content (AvgIpc) is 2.41. The zero-order valence-corrected chi connectivity index (χ0v) is 12.9. The Labute approximate surface area is 126 Å². The highest BCUT2D eigenvalue weighted by Gasteiger charge is 2.10. The van der Waals surface area contributed by atoms with E-state index in [1.54, 1.807) is 6.07 Å². The first-order chi connectivity index (χ1) is 9.11. The van der Waals surface area contributed by atoms with Gasteiger partial charge in [-0.25, -0.2) is 4.39 Å². The van der Waals surface area contributed by atoms with Crippen LogP contribution in [0.3, 0.4) is 0 Å². The number of benzene rings is 2. The van der Waals surface area contributed by atoms with Crippen LogP contribution in [-0.2, 0) is 12.4 Å². The largest absolute Gasteiger partial charge is 0.368 e. The summed E-state index contributed by atoms with van der Waals surface area (Å²) in [6.45, 7) is 0.637. The SMILES string of the molecule is CN(Cc1ccccc1Br)c1ccc(CCl)cc1F. The molecule has 2 aromatic rings. The van der Waals surface area contributed by atoms with Crippen LogP contribution >= 0.6 is 27.5 Å². The number of halogens is 3. The van der Waals surface area contributed by atoms with Crippen molar-refractivity contribution < 1.29 is 4.39 Å². The Morgan fingerprint density at radius 1 is 1.21 bits per heavy atom.